The second kappa shape index (κ2) is 11.7. The van der Waals surface area contributed by atoms with E-state index in [1.54, 1.807) is 0 Å². The summed E-state index contributed by atoms with van der Waals surface area (Å²) < 4.78 is 5.73. The lowest BCUT2D eigenvalue weighted by Gasteiger charge is -2.34. The third-order valence-electron chi connectivity index (χ3n) is 4.22. The molecule has 1 fully saturated rings. The molecule has 0 aliphatic carbocycles. The molecule has 24 heavy (non-hydrogen) atoms. The third-order valence-corrected chi connectivity index (χ3v) is 4.22. The topological polar surface area (TPSA) is 36.9 Å². The number of rotatable bonds is 6. The summed E-state index contributed by atoms with van der Waals surface area (Å²) in [6, 6.07) is 8.69. The Morgan fingerprint density at radius 1 is 1.29 bits per heavy atom. The predicted molar refractivity (Wildman–Crippen MR) is 112 cm³/mol. The van der Waals surface area contributed by atoms with Gasteiger partial charge in [0.15, 0.2) is 5.96 Å². The lowest BCUT2D eigenvalue weighted by atomic mass is 10.1. The van der Waals surface area contributed by atoms with Gasteiger partial charge < -0.3 is 15.0 Å². The van der Waals surface area contributed by atoms with E-state index in [0.717, 1.165) is 58.0 Å². The van der Waals surface area contributed by atoms with Gasteiger partial charge in [-0.05, 0) is 45.6 Å². The molecule has 5 heteroatoms. The van der Waals surface area contributed by atoms with Gasteiger partial charge in [-0.25, -0.2) is 0 Å². The molecular weight excluding hydrogens is 413 g/mol. The van der Waals surface area contributed by atoms with E-state index in [2.05, 4.69) is 55.3 Å². The Hall–Kier alpha value is -0.820. The first-order chi connectivity index (χ1) is 11.2. The fourth-order valence-corrected chi connectivity index (χ4v) is 3.05. The van der Waals surface area contributed by atoms with Gasteiger partial charge in [-0.3, -0.25) is 4.99 Å². The molecule has 2 rings (SSSR count). The van der Waals surface area contributed by atoms with Crippen molar-refractivity contribution in [2.75, 3.05) is 32.8 Å². The summed E-state index contributed by atoms with van der Waals surface area (Å²) in [4.78, 5) is 7.19. The average Bonchev–Trinajstić information content (AvgIpc) is 2.55. The molecule has 4 nitrogen and oxygen atoms in total. The summed E-state index contributed by atoms with van der Waals surface area (Å²) in [5.74, 6) is 1.05. The van der Waals surface area contributed by atoms with Crippen molar-refractivity contribution in [2.45, 2.75) is 46.1 Å². The van der Waals surface area contributed by atoms with Crippen LogP contribution in [0.4, 0.5) is 0 Å². The van der Waals surface area contributed by atoms with Crippen LogP contribution in [0.1, 0.15) is 37.8 Å². The zero-order valence-electron chi connectivity index (χ0n) is 15.3. The highest BCUT2D eigenvalue weighted by Gasteiger charge is 2.21. The van der Waals surface area contributed by atoms with Crippen LogP contribution < -0.4 is 5.32 Å². The third kappa shape index (κ3) is 6.97. The molecule has 1 saturated heterocycles. The minimum atomic E-state index is 0. The van der Waals surface area contributed by atoms with E-state index in [-0.39, 0.29) is 24.0 Å². The molecule has 136 valence electrons. The van der Waals surface area contributed by atoms with Gasteiger partial charge in [-0.1, -0.05) is 29.8 Å². The lowest BCUT2D eigenvalue weighted by molar-refractivity contribution is 0.0264. The molecule has 0 unspecified atom stereocenters. The highest BCUT2D eigenvalue weighted by molar-refractivity contribution is 14.0. The van der Waals surface area contributed by atoms with Crippen molar-refractivity contribution >= 4 is 29.9 Å². The molecule has 0 spiro atoms. The molecular formula is C19H32IN3O. The van der Waals surface area contributed by atoms with Crippen LogP contribution in [0.25, 0.3) is 0 Å². The molecule has 1 aliphatic heterocycles. The number of nitrogens with one attached hydrogen (secondary N) is 1. The Morgan fingerprint density at radius 2 is 2.04 bits per heavy atom. The Labute approximate surface area is 164 Å². The zero-order chi connectivity index (χ0) is 16.5. The maximum Gasteiger partial charge on any atom is 0.193 e. The second-order valence-electron chi connectivity index (χ2n) is 6.12. The molecule has 1 heterocycles. The van der Waals surface area contributed by atoms with E-state index in [4.69, 9.17) is 9.73 Å². The van der Waals surface area contributed by atoms with Gasteiger partial charge >= 0.3 is 0 Å². The Bertz CT molecular complexity index is 499. The highest BCUT2D eigenvalue weighted by atomic mass is 127. The number of hydrogen-bond donors (Lipinski definition) is 1. The number of benzene rings is 1. The average molecular weight is 445 g/mol. The number of hydrogen-bond acceptors (Lipinski definition) is 2. The predicted octanol–water partition coefficient (Wildman–Crippen LogP) is 3.62. The summed E-state index contributed by atoms with van der Waals surface area (Å²) in [6.45, 7) is 11.0. The van der Waals surface area contributed by atoms with Crippen LogP contribution in [0.5, 0.6) is 0 Å². The molecule has 1 aliphatic rings. The fraction of sp³-hybridized carbons (Fsp3) is 0.632. The number of aryl methyl sites for hydroxylation is 1. The van der Waals surface area contributed by atoms with E-state index >= 15 is 0 Å². The van der Waals surface area contributed by atoms with Crippen molar-refractivity contribution in [1.82, 2.24) is 10.2 Å². The summed E-state index contributed by atoms with van der Waals surface area (Å²) >= 11 is 0. The van der Waals surface area contributed by atoms with E-state index in [0.29, 0.717) is 6.10 Å². The Balaban J connectivity index is 0.00000288. The van der Waals surface area contributed by atoms with E-state index in [1.807, 2.05) is 0 Å². The normalized spacial score (nSPS) is 16.0. The monoisotopic (exact) mass is 445 g/mol. The standard InChI is InChI=1S/C19H31N3O.HI/c1-4-20-19(22-13-10-18(11-14-22)23-5-2)21-12-9-17-8-6-7-16(3)15-17;/h6-8,15,18H,4-5,9-14H2,1-3H3,(H,20,21);1H. The summed E-state index contributed by atoms with van der Waals surface area (Å²) in [6.07, 6.45) is 3.60. The molecule has 0 amide bonds. The minimum absolute atomic E-state index is 0. The number of aliphatic imine (C=N–C) groups is 1. The van der Waals surface area contributed by atoms with Crippen molar-refractivity contribution < 1.29 is 4.74 Å². The van der Waals surface area contributed by atoms with Crippen LogP contribution in [0.15, 0.2) is 29.3 Å². The van der Waals surface area contributed by atoms with Crippen LogP contribution in [-0.2, 0) is 11.2 Å². The number of halogens is 1. The molecule has 0 bridgehead atoms. The van der Waals surface area contributed by atoms with E-state index in [1.165, 1.54) is 11.1 Å². The van der Waals surface area contributed by atoms with Gasteiger partial charge in [0.2, 0.25) is 0 Å². The Morgan fingerprint density at radius 3 is 2.67 bits per heavy atom. The van der Waals surface area contributed by atoms with E-state index < -0.39 is 0 Å². The first kappa shape index (κ1) is 21.2. The largest absolute Gasteiger partial charge is 0.378 e. The zero-order valence-corrected chi connectivity index (χ0v) is 17.6. The van der Waals surface area contributed by atoms with Crippen LogP contribution in [0.2, 0.25) is 0 Å². The van der Waals surface area contributed by atoms with E-state index in [9.17, 15) is 0 Å². The first-order valence-corrected chi connectivity index (χ1v) is 8.93. The quantitative estimate of drug-likeness (QED) is 0.413. The van der Waals surface area contributed by atoms with Gasteiger partial charge in [-0.2, -0.15) is 0 Å². The van der Waals surface area contributed by atoms with Crippen molar-refractivity contribution in [1.29, 1.82) is 0 Å². The summed E-state index contributed by atoms with van der Waals surface area (Å²) in [5, 5.41) is 3.43. The van der Waals surface area contributed by atoms with Gasteiger partial charge in [0, 0.05) is 32.8 Å². The molecule has 0 atom stereocenters. The molecule has 0 saturated carbocycles. The number of piperidine rings is 1. The molecule has 0 radical (unpaired) electrons. The smallest absolute Gasteiger partial charge is 0.193 e. The van der Waals surface area contributed by atoms with Gasteiger partial charge in [0.1, 0.15) is 0 Å². The van der Waals surface area contributed by atoms with Crippen molar-refractivity contribution in [2.24, 2.45) is 4.99 Å². The van der Waals surface area contributed by atoms with Crippen LogP contribution >= 0.6 is 24.0 Å². The van der Waals surface area contributed by atoms with Crippen LogP contribution in [-0.4, -0.2) is 49.7 Å². The number of likely N-dealkylation sites (tertiary alicyclic amines) is 1. The van der Waals surface area contributed by atoms with Gasteiger partial charge in [0.05, 0.1) is 6.10 Å². The highest BCUT2D eigenvalue weighted by Crippen LogP contribution is 2.14. The van der Waals surface area contributed by atoms with Crippen molar-refractivity contribution in [3.05, 3.63) is 35.4 Å². The molecule has 1 aromatic carbocycles. The summed E-state index contributed by atoms with van der Waals surface area (Å²) in [7, 11) is 0. The molecule has 1 aromatic rings. The SMILES string of the molecule is CCNC(=NCCc1cccc(C)c1)N1CCC(OCC)CC1.I. The maximum absolute atomic E-state index is 5.73. The second-order valence-corrected chi connectivity index (χ2v) is 6.12. The number of ether oxygens (including phenoxy) is 1. The number of guanidine groups is 1. The molecule has 0 aromatic heterocycles. The minimum Gasteiger partial charge on any atom is -0.378 e. The van der Waals surface area contributed by atoms with Gasteiger partial charge in [0.25, 0.3) is 0 Å². The number of nitrogens with zero attached hydrogens (tertiary/aromatic N) is 2. The fourth-order valence-electron chi connectivity index (χ4n) is 3.05. The summed E-state index contributed by atoms with van der Waals surface area (Å²) in [5.41, 5.74) is 2.68. The maximum atomic E-state index is 5.73. The lowest BCUT2D eigenvalue weighted by Crippen LogP contribution is -2.47. The Kier molecular flexibility index (Phi) is 10.3. The van der Waals surface area contributed by atoms with Gasteiger partial charge in [-0.15, -0.1) is 24.0 Å². The van der Waals surface area contributed by atoms with Crippen LogP contribution in [0.3, 0.4) is 0 Å². The first-order valence-electron chi connectivity index (χ1n) is 8.93. The van der Waals surface area contributed by atoms with Crippen molar-refractivity contribution in [3.63, 3.8) is 0 Å². The molecule has 1 N–H and O–H groups in total. The van der Waals surface area contributed by atoms with Crippen molar-refractivity contribution in [3.8, 4) is 0 Å². The van der Waals surface area contributed by atoms with Crippen LogP contribution in [0, 0.1) is 6.92 Å².